The normalized spacial score (nSPS) is 25.7. The lowest BCUT2D eigenvalue weighted by Crippen LogP contribution is -3.00. The minimum atomic E-state index is -3.68. The van der Waals surface area contributed by atoms with Gasteiger partial charge < -0.3 is 37.4 Å². The Hall–Kier alpha value is -1.56. The van der Waals surface area contributed by atoms with Crippen molar-refractivity contribution in [1.82, 2.24) is 16.0 Å². The minimum absolute atomic E-state index is 0. The number of hydrogen-bond donors (Lipinski definition) is 4. The molecule has 262 valence electrons. The van der Waals surface area contributed by atoms with Crippen molar-refractivity contribution in [2.45, 2.75) is 113 Å². The van der Waals surface area contributed by atoms with Crippen LogP contribution in [0.5, 0.6) is 0 Å². The second kappa shape index (κ2) is 16.9. The number of hydrogen-bond acceptors (Lipinski definition) is 5. The molecule has 0 saturated carbocycles. The Balaban J connectivity index is 0.00000500. The first kappa shape index (κ1) is 38.2. The number of fused-ring (bicyclic) bond motifs is 4. The van der Waals surface area contributed by atoms with Crippen LogP contribution in [0.3, 0.4) is 0 Å². The summed E-state index contributed by atoms with van der Waals surface area (Å²) in [5.41, 5.74) is 3.30. The molecule has 0 spiro atoms. The fourth-order valence-corrected chi connectivity index (χ4v) is 10.9. The summed E-state index contributed by atoms with van der Waals surface area (Å²) in [6.45, 7) is 12.6. The number of nitrogens with zero attached hydrogens (tertiary/aromatic N) is 1. The van der Waals surface area contributed by atoms with Crippen LogP contribution in [-0.2, 0) is 16.3 Å². The second-order valence-electron chi connectivity index (χ2n) is 14.2. The summed E-state index contributed by atoms with van der Waals surface area (Å²) >= 11 is 5.75. The second-order valence-corrected chi connectivity index (χ2v) is 16.6. The van der Waals surface area contributed by atoms with Crippen LogP contribution in [0.1, 0.15) is 108 Å². The van der Waals surface area contributed by atoms with Gasteiger partial charge in [-0.15, -0.1) is 0 Å². The van der Waals surface area contributed by atoms with Crippen LogP contribution in [0.4, 0.5) is 5.69 Å². The number of thiocarbonyl (C=S) groups is 1. The molecule has 0 aromatic heterocycles. The lowest BCUT2D eigenvalue weighted by atomic mass is 9.83. The van der Waals surface area contributed by atoms with Crippen LogP contribution in [-0.4, -0.2) is 68.7 Å². The molecule has 0 aliphatic carbocycles. The lowest BCUT2D eigenvalue weighted by Gasteiger charge is -2.49. The Labute approximate surface area is 300 Å². The predicted octanol–water partition coefficient (Wildman–Crippen LogP) is 3.69. The van der Waals surface area contributed by atoms with Gasteiger partial charge in [0, 0.05) is 24.2 Å². The molecule has 2 unspecified atom stereocenters. The Morgan fingerprint density at radius 1 is 0.979 bits per heavy atom. The fourth-order valence-electron chi connectivity index (χ4n) is 8.44. The first-order valence-corrected chi connectivity index (χ1v) is 20.0. The number of aryl methyl sites for hydroxylation is 1. The molecule has 4 heterocycles. The van der Waals surface area contributed by atoms with E-state index in [2.05, 4.69) is 66.3 Å². The van der Waals surface area contributed by atoms with Gasteiger partial charge in [0.1, 0.15) is 5.37 Å². The van der Waals surface area contributed by atoms with Crippen LogP contribution in [0, 0.1) is 5.92 Å². The van der Waals surface area contributed by atoms with E-state index >= 15 is 0 Å². The molecule has 0 radical (unpaired) electrons. The Morgan fingerprint density at radius 3 is 2.28 bits per heavy atom. The largest absolute Gasteiger partial charge is 1.00 e. The van der Waals surface area contributed by atoms with Gasteiger partial charge in [-0.2, -0.15) is 0 Å². The zero-order valence-corrected chi connectivity index (χ0v) is 32.3. The van der Waals surface area contributed by atoms with E-state index in [9.17, 15) is 8.42 Å². The molecule has 7 nitrogen and oxygen atoms in total. The molecule has 47 heavy (non-hydrogen) atoms. The summed E-state index contributed by atoms with van der Waals surface area (Å²) in [5.74, 6) is 0.985. The zero-order chi connectivity index (χ0) is 32.8. The number of rotatable bonds is 14. The predicted molar refractivity (Wildman–Crippen MR) is 195 cm³/mol. The Morgan fingerprint density at radius 2 is 1.66 bits per heavy atom. The van der Waals surface area contributed by atoms with Crippen LogP contribution in [0.2, 0.25) is 0 Å². The summed E-state index contributed by atoms with van der Waals surface area (Å²) in [5, 5.41) is 14.1. The SMILES string of the molecule is CCCCC1(CCCC)NC(c2cccc(NC(=S)NCCC[N+]34CCC(CC3)CC4)c2)c2cc(CC)ccc2S(=O)(=O)C1NC.[Br-]. The van der Waals surface area contributed by atoms with Crippen LogP contribution in [0.15, 0.2) is 47.4 Å². The van der Waals surface area contributed by atoms with Crippen molar-refractivity contribution in [2.75, 3.05) is 45.1 Å². The molecule has 0 amide bonds. The maximum Gasteiger partial charge on any atom is 0.196 e. The first-order valence-electron chi connectivity index (χ1n) is 18.0. The minimum Gasteiger partial charge on any atom is -1.00 e. The van der Waals surface area contributed by atoms with Gasteiger partial charge in [0.05, 0.1) is 37.1 Å². The summed E-state index contributed by atoms with van der Waals surface area (Å²) < 4.78 is 30.3. The number of quaternary nitrogens is 1. The van der Waals surface area contributed by atoms with Gasteiger partial charge in [0.25, 0.3) is 0 Å². The third-order valence-electron chi connectivity index (χ3n) is 11.2. The highest BCUT2D eigenvalue weighted by atomic mass is 79.9. The van der Waals surface area contributed by atoms with E-state index in [4.69, 9.17) is 12.2 Å². The third-order valence-corrected chi connectivity index (χ3v) is 13.7. The standard InChI is InChI=1S/C37H57N5O2S2.BrH/c1-5-8-19-37(20-9-6-2)35(38-4)46(43,44)33-15-14-28(7-3)26-32(33)34(41-37)30-12-10-13-31(27-30)40-36(45)39-21-11-22-42-23-16-29(17-24-42)18-25-42;/h10,12-15,26-27,29,34-35,38,41H,5-9,11,16-25H2,1-4H3,(H-,39,40,45);1H. The van der Waals surface area contributed by atoms with E-state index in [1.165, 1.54) is 49.9 Å². The molecule has 4 aliphatic rings. The highest BCUT2D eigenvalue weighted by Gasteiger charge is 2.50. The Bertz CT molecular complexity index is 1420. The summed E-state index contributed by atoms with van der Waals surface area (Å²) in [6.07, 6.45) is 11.7. The van der Waals surface area contributed by atoms with Crippen molar-refractivity contribution in [2.24, 2.45) is 5.92 Å². The average Bonchev–Trinajstić information content (AvgIpc) is 3.15. The van der Waals surface area contributed by atoms with E-state index in [1.54, 1.807) is 7.05 Å². The van der Waals surface area contributed by atoms with Crippen LogP contribution < -0.4 is 38.2 Å². The van der Waals surface area contributed by atoms with Crippen molar-refractivity contribution in [3.8, 4) is 0 Å². The first-order chi connectivity index (χ1) is 22.2. The number of anilines is 1. The molecular weight excluding hydrogens is 690 g/mol. The van der Waals surface area contributed by atoms with Crippen molar-refractivity contribution in [3.05, 3.63) is 59.2 Å². The van der Waals surface area contributed by atoms with Gasteiger partial charge in [-0.25, -0.2) is 8.42 Å². The molecule has 2 aromatic carbocycles. The van der Waals surface area contributed by atoms with Gasteiger partial charge in [-0.05, 0) is 98.6 Å². The van der Waals surface area contributed by atoms with Crippen LogP contribution >= 0.6 is 12.2 Å². The van der Waals surface area contributed by atoms with Gasteiger partial charge in [-0.3, -0.25) is 5.32 Å². The van der Waals surface area contributed by atoms with Gasteiger partial charge in [0.15, 0.2) is 14.9 Å². The molecule has 4 aliphatic heterocycles. The van der Waals surface area contributed by atoms with Crippen LogP contribution in [0.25, 0.3) is 0 Å². The number of unbranched alkanes of at least 4 members (excludes halogenated alkanes) is 2. The summed E-state index contributed by atoms with van der Waals surface area (Å²) in [7, 11) is -1.88. The van der Waals surface area contributed by atoms with Gasteiger partial charge in [0.2, 0.25) is 0 Å². The van der Waals surface area contributed by atoms with Gasteiger partial charge >= 0.3 is 0 Å². The molecule has 10 heteroatoms. The quantitative estimate of drug-likeness (QED) is 0.134. The monoisotopic (exact) mass is 747 g/mol. The maximum absolute atomic E-state index is 14.5. The molecule has 4 N–H and O–H groups in total. The van der Waals surface area contributed by atoms with E-state index in [0.717, 1.165) is 86.2 Å². The van der Waals surface area contributed by atoms with Gasteiger partial charge in [-0.1, -0.05) is 70.7 Å². The zero-order valence-electron chi connectivity index (χ0n) is 29.0. The van der Waals surface area contributed by atoms with Crippen molar-refractivity contribution < 1.29 is 29.9 Å². The van der Waals surface area contributed by atoms with E-state index in [0.29, 0.717) is 10.0 Å². The number of benzene rings is 2. The lowest BCUT2D eigenvalue weighted by molar-refractivity contribution is -0.942. The number of likely N-dealkylation sites (N-methyl/N-ethyl adjacent to an activating group) is 1. The number of piperidine rings is 3. The van der Waals surface area contributed by atoms with E-state index in [1.807, 2.05) is 18.2 Å². The number of halogens is 1. The smallest absolute Gasteiger partial charge is 0.196 e. The van der Waals surface area contributed by atoms with E-state index in [-0.39, 0.29) is 23.0 Å². The summed E-state index contributed by atoms with van der Waals surface area (Å²) in [6, 6.07) is 14.0. The Kier molecular flexibility index (Phi) is 13.8. The third kappa shape index (κ3) is 8.61. The molecule has 2 atom stereocenters. The molecule has 2 bridgehead atoms. The molecule has 3 saturated heterocycles. The van der Waals surface area contributed by atoms with E-state index < -0.39 is 20.8 Å². The topological polar surface area (TPSA) is 82.3 Å². The molecular formula is C37H58BrN5O2S2. The van der Waals surface area contributed by atoms with Crippen molar-refractivity contribution >= 4 is 32.9 Å². The summed E-state index contributed by atoms with van der Waals surface area (Å²) in [4.78, 5) is 0.427. The number of sulfone groups is 1. The highest BCUT2D eigenvalue weighted by Crippen LogP contribution is 2.42. The van der Waals surface area contributed by atoms with Crippen molar-refractivity contribution in [1.29, 1.82) is 0 Å². The fraction of sp³-hybridized carbons (Fsp3) is 0.649. The number of nitrogens with one attached hydrogen (secondary N) is 4. The average molecular weight is 749 g/mol. The maximum atomic E-state index is 14.5. The van der Waals surface area contributed by atoms with Crippen molar-refractivity contribution in [3.63, 3.8) is 0 Å². The molecule has 2 aromatic rings. The molecule has 3 fully saturated rings. The molecule has 6 rings (SSSR count). The highest BCUT2D eigenvalue weighted by molar-refractivity contribution is 7.92.